The molecule has 0 unspecified atom stereocenters. The smallest absolute Gasteiger partial charge is 0.269 e. The third kappa shape index (κ3) is 3.66. The normalized spacial score (nSPS) is 10.2. The zero-order chi connectivity index (χ0) is 15.4. The number of nitrogens with one attached hydrogen (secondary N) is 1. The lowest BCUT2D eigenvalue weighted by Crippen LogP contribution is -2.23. The summed E-state index contributed by atoms with van der Waals surface area (Å²) in [5.74, 6) is -0.225. The molecule has 0 aliphatic carbocycles. The third-order valence-corrected chi connectivity index (χ3v) is 4.06. The van der Waals surface area contributed by atoms with Gasteiger partial charge in [0.2, 0.25) is 0 Å². The predicted octanol–water partition coefficient (Wildman–Crippen LogP) is 3.60. The van der Waals surface area contributed by atoms with Crippen LogP contribution in [0.1, 0.15) is 21.5 Å². The second-order valence-corrected chi connectivity index (χ2v) is 5.34. The number of benzene rings is 2. The summed E-state index contributed by atoms with van der Waals surface area (Å²) < 4.78 is 0.751. The van der Waals surface area contributed by atoms with E-state index < -0.39 is 4.92 Å². The summed E-state index contributed by atoms with van der Waals surface area (Å²) in [6, 6.07) is 11.6. The fourth-order valence-corrected chi connectivity index (χ4v) is 2.32. The van der Waals surface area contributed by atoms with Crippen LogP contribution in [0.15, 0.2) is 46.9 Å². The molecule has 0 radical (unpaired) electrons. The van der Waals surface area contributed by atoms with Crippen LogP contribution in [0, 0.1) is 17.0 Å². The quantitative estimate of drug-likeness (QED) is 0.677. The molecule has 108 valence electrons. The van der Waals surface area contributed by atoms with Crippen molar-refractivity contribution < 1.29 is 9.72 Å². The van der Waals surface area contributed by atoms with Gasteiger partial charge in [-0.1, -0.05) is 24.3 Å². The Balaban J connectivity index is 2.09. The number of nitro benzene ring substituents is 1. The molecule has 6 heteroatoms. The lowest BCUT2D eigenvalue weighted by molar-refractivity contribution is -0.384. The maximum absolute atomic E-state index is 12.1. The first kappa shape index (κ1) is 15.2. The maximum Gasteiger partial charge on any atom is 0.269 e. The van der Waals surface area contributed by atoms with E-state index in [9.17, 15) is 14.9 Å². The number of nitrogens with zero attached hydrogens (tertiary/aromatic N) is 1. The van der Waals surface area contributed by atoms with Gasteiger partial charge in [-0.2, -0.15) is 0 Å². The summed E-state index contributed by atoms with van der Waals surface area (Å²) >= 11 is 3.39. The highest BCUT2D eigenvalue weighted by molar-refractivity contribution is 9.10. The molecular weight excluding hydrogens is 336 g/mol. The minimum Gasteiger partial charge on any atom is -0.348 e. The van der Waals surface area contributed by atoms with Crippen molar-refractivity contribution in [3.05, 3.63) is 73.7 Å². The Labute approximate surface area is 130 Å². The fourth-order valence-electron chi connectivity index (χ4n) is 1.88. The number of aryl methyl sites for hydroxylation is 1. The second-order valence-electron chi connectivity index (χ2n) is 4.55. The lowest BCUT2D eigenvalue weighted by Gasteiger charge is -2.08. The summed E-state index contributed by atoms with van der Waals surface area (Å²) in [7, 11) is 0. The van der Waals surface area contributed by atoms with Crippen molar-refractivity contribution in [2.45, 2.75) is 13.5 Å². The van der Waals surface area contributed by atoms with E-state index in [0.717, 1.165) is 10.0 Å². The van der Waals surface area contributed by atoms with Crippen LogP contribution in [0.3, 0.4) is 0 Å². The summed E-state index contributed by atoms with van der Waals surface area (Å²) in [5, 5.41) is 13.5. The van der Waals surface area contributed by atoms with Crippen molar-refractivity contribution in [3.63, 3.8) is 0 Å². The predicted molar refractivity (Wildman–Crippen MR) is 83.1 cm³/mol. The van der Waals surface area contributed by atoms with Gasteiger partial charge in [-0.25, -0.2) is 0 Å². The van der Waals surface area contributed by atoms with E-state index in [1.54, 1.807) is 18.2 Å². The topological polar surface area (TPSA) is 72.2 Å². The number of nitro groups is 1. The van der Waals surface area contributed by atoms with Gasteiger partial charge >= 0.3 is 0 Å². The molecule has 5 nitrogen and oxygen atoms in total. The van der Waals surface area contributed by atoms with Gasteiger partial charge in [0.25, 0.3) is 11.6 Å². The molecule has 2 aromatic carbocycles. The molecule has 0 aliphatic heterocycles. The number of rotatable bonds is 4. The molecule has 0 fully saturated rings. The molecule has 0 heterocycles. The first-order valence-corrected chi connectivity index (χ1v) is 7.05. The number of carbonyl (C=O) groups is 1. The van der Waals surface area contributed by atoms with Crippen molar-refractivity contribution in [1.82, 2.24) is 5.32 Å². The van der Waals surface area contributed by atoms with E-state index >= 15 is 0 Å². The van der Waals surface area contributed by atoms with Crippen LogP contribution in [0.2, 0.25) is 0 Å². The summed E-state index contributed by atoms with van der Waals surface area (Å²) in [6.45, 7) is 2.14. The van der Waals surface area contributed by atoms with Gasteiger partial charge in [-0.3, -0.25) is 14.9 Å². The van der Waals surface area contributed by atoms with E-state index in [1.165, 1.54) is 12.1 Å². The number of amides is 1. The van der Waals surface area contributed by atoms with E-state index in [2.05, 4.69) is 21.2 Å². The molecule has 0 saturated heterocycles. The molecular formula is C15H13BrN2O3. The zero-order valence-corrected chi connectivity index (χ0v) is 12.9. The Bertz CT molecular complexity index is 701. The zero-order valence-electron chi connectivity index (χ0n) is 11.3. The maximum atomic E-state index is 12.1. The van der Waals surface area contributed by atoms with Gasteiger partial charge < -0.3 is 5.32 Å². The Kier molecular flexibility index (Phi) is 4.70. The monoisotopic (exact) mass is 348 g/mol. The van der Waals surface area contributed by atoms with E-state index in [-0.39, 0.29) is 18.1 Å². The number of hydrogen-bond donors (Lipinski definition) is 1. The molecule has 0 spiro atoms. The Morgan fingerprint density at radius 2 is 2.00 bits per heavy atom. The number of hydrogen-bond acceptors (Lipinski definition) is 3. The van der Waals surface area contributed by atoms with E-state index in [0.29, 0.717) is 11.1 Å². The van der Waals surface area contributed by atoms with Crippen molar-refractivity contribution in [2.75, 3.05) is 0 Å². The SMILES string of the molecule is Cc1cccc(C(=O)NCc2cccc([N+](=O)[O-])c2)c1Br. The van der Waals surface area contributed by atoms with Crippen molar-refractivity contribution >= 4 is 27.5 Å². The van der Waals surface area contributed by atoms with Crippen LogP contribution in [0.4, 0.5) is 5.69 Å². The number of carbonyl (C=O) groups excluding carboxylic acids is 1. The molecule has 1 amide bonds. The highest BCUT2D eigenvalue weighted by atomic mass is 79.9. The van der Waals surface area contributed by atoms with Crippen molar-refractivity contribution in [1.29, 1.82) is 0 Å². The summed E-state index contributed by atoms with van der Waals surface area (Å²) in [4.78, 5) is 22.4. The Morgan fingerprint density at radius 3 is 2.71 bits per heavy atom. The fraction of sp³-hybridized carbons (Fsp3) is 0.133. The third-order valence-electron chi connectivity index (χ3n) is 3.01. The molecule has 0 aliphatic rings. The van der Waals surface area contributed by atoms with Crippen LogP contribution >= 0.6 is 15.9 Å². The molecule has 0 saturated carbocycles. The molecule has 1 N–H and O–H groups in total. The van der Waals surface area contributed by atoms with Gasteiger partial charge in [0.05, 0.1) is 10.5 Å². The van der Waals surface area contributed by atoms with Gasteiger partial charge in [0, 0.05) is 23.2 Å². The van der Waals surface area contributed by atoms with Gasteiger partial charge in [0.15, 0.2) is 0 Å². The van der Waals surface area contributed by atoms with Crippen molar-refractivity contribution in [3.8, 4) is 0 Å². The van der Waals surface area contributed by atoms with Crippen LogP contribution < -0.4 is 5.32 Å². The van der Waals surface area contributed by atoms with Crippen LogP contribution in [0.5, 0.6) is 0 Å². The summed E-state index contributed by atoms with van der Waals surface area (Å²) in [5.41, 5.74) is 2.21. The number of non-ortho nitro benzene ring substituents is 1. The van der Waals surface area contributed by atoms with Crippen LogP contribution in [-0.4, -0.2) is 10.8 Å². The summed E-state index contributed by atoms with van der Waals surface area (Å²) in [6.07, 6.45) is 0. The van der Waals surface area contributed by atoms with Crippen LogP contribution in [0.25, 0.3) is 0 Å². The average molecular weight is 349 g/mol. The molecule has 2 rings (SSSR count). The van der Waals surface area contributed by atoms with Crippen LogP contribution in [-0.2, 0) is 6.54 Å². The average Bonchev–Trinajstić information content (AvgIpc) is 2.48. The number of halogens is 1. The van der Waals surface area contributed by atoms with Crippen molar-refractivity contribution in [2.24, 2.45) is 0 Å². The Morgan fingerprint density at radius 1 is 1.29 bits per heavy atom. The molecule has 2 aromatic rings. The van der Waals surface area contributed by atoms with E-state index in [4.69, 9.17) is 0 Å². The molecule has 21 heavy (non-hydrogen) atoms. The first-order chi connectivity index (χ1) is 9.99. The second kappa shape index (κ2) is 6.49. The molecule has 0 bridgehead atoms. The molecule has 0 atom stereocenters. The lowest BCUT2D eigenvalue weighted by atomic mass is 10.1. The Hall–Kier alpha value is -2.21. The van der Waals surface area contributed by atoms with Gasteiger partial charge in [0.1, 0.15) is 0 Å². The molecule has 0 aromatic heterocycles. The minimum absolute atomic E-state index is 0.0125. The highest BCUT2D eigenvalue weighted by Crippen LogP contribution is 2.21. The van der Waals surface area contributed by atoms with E-state index in [1.807, 2.05) is 19.1 Å². The largest absolute Gasteiger partial charge is 0.348 e. The first-order valence-electron chi connectivity index (χ1n) is 6.25. The highest BCUT2D eigenvalue weighted by Gasteiger charge is 2.11. The minimum atomic E-state index is -0.456. The van der Waals surface area contributed by atoms with Gasteiger partial charge in [-0.15, -0.1) is 0 Å². The van der Waals surface area contributed by atoms with Gasteiger partial charge in [-0.05, 0) is 40.0 Å². The standard InChI is InChI=1S/C15H13BrN2O3/c1-10-4-2-7-13(14(10)16)15(19)17-9-11-5-3-6-12(8-11)18(20)21/h2-8H,9H2,1H3,(H,17,19).